The molecule has 1 aliphatic heterocycles. The molecular weight excluding hydrogens is 422 g/mol. The Labute approximate surface area is 198 Å². The summed E-state index contributed by atoms with van der Waals surface area (Å²) in [7, 11) is 0. The molecule has 1 aliphatic rings. The number of likely N-dealkylation sites (tertiary alicyclic amines) is 1. The molecule has 0 unspecified atom stereocenters. The van der Waals surface area contributed by atoms with Crippen LogP contribution in [0.2, 0.25) is 0 Å². The zero-order valence-corrected chi connectivity index (χ0v) is 21.2. The van der Waals surface area contributed by atoms with Crippen LogP contribution < -0.4 is 10.6 Å². The second-order valence-electron chi connectivity index (χ2n) is 9.91. The lowest BCUT2D eigenvalue weighted by atomic mass is 9.96. The van der Waals surface area contributed by atoms with Crippen LogP contribution in [0, 0.1) is 5.41 Å². The number of esters is 1. The fraction of sp³-hybridized carbons (Fsp3) is 0.680. The van der Waals surface area contributed by atoms with Crippen LogP contribution in [0.15, 0.2) is 23.3 Å². The average Bonchev–Trinajstić information content (AvgIpc) is 3.20. The predicted octanol–water partition coefficient (Wildman–Crippen LogP) is 2.88. The van der Waals surface area contributed by atoms with E-state index < -0.39 is 23.5 Å². The molecule has 1 heterocycles. The first-order chi connectivity index (χ1) is 15.3. The Balaban J connectivity index is 2.51. The topological polar surface area (TPSA) is 105 Å². The second-order valence-corrected chi connectivity index (χ2v) is 9.91. The van der Waals surface area contributed by atoms with Crippen molar-refractivity contribution in [3.8, 4) is 0 Å². The minimum Gasteiger partial charge on any atom is -0.460 e. The molecule has 0 aromatic carbocycles. The highest BCUT2D eigenvalue weighted by atomic mass is 16.5. The molecule has 3 amide bonds. The minimum absolute atomic E-state index is 0.154. The van der Waals surface area contributed by atoms with E-state index in [9.17, 15) is 19.2 Å². The number of nitrogens with zero attached hydrogens (tertiary/aromatic N) is 1. The van der Waals surface area contributed by atoms with Crippen molar-refractivity contribution in [1.29, 1.82) is 0 Å². The van der Waals surface area contributed by atoms with Gasteiger partial charge < -0.3 is 20.3 Å². The van der Waals surface area contributed by atoms with Crippen molar-refractivity contribution in [2.75, 3.05) is 19.7 Å². The SMILES string of the molecule is CC(C)=CCC/C(C)=C/COC(=O)[C@H](C)NC(=O)[C@@H]1CCCN1C(=O)CNC(=O)C(C)(C)C. The van der Waals surface area contributed by atoms with Crippen molar-refractivity contribution in [3.63, 3.8) is 0 Å². The Bertz CT molecular complexity index is 775. The minimum atomic E-state index is -0.824. The van der Waals surface area contributed by atoms with Gasteiger partial charge in [-0.1, -0.05) is 38.0 Å². The fourth-order valence-electron chi connectivity index (χ4n) is 3.31. The zero-order valence-electron chi connectivity index (χ0n) is 21.2. The van der Waals surface area contributed by atoms with Crippen LogP contribution in [-0.4, -0.2) is 60.4 Å². The van der Waals surface area contributed by atoms with Crippen molar-refractivity contribution in [1.82, 2.24) is 15.5 Å². The second kappa shape index (κ2) is 13.2. The molecule has 1 rings (SSSR count). The summed E-state index contributed by atoms with van der Waals surface area (Å²) in [6.07, 6.45) is 7.08. The molecule has 2 atom stereocenters. The van der Waals surface area contributed by atoms with Crippen LogP contribution in [0.3, 0.4) is 0 Å². The van der Waals surface area contributed by atoms with E-state index in [-0.39, 0.29) is 30.9 Å². The largest absolute Gasteiger partial charge is 0.460 e. The molecule has 0 aliphatic carbocycles. The number of amides is 3. The van der Waals surface area contributed by atoms with E-state index in [1.807, 2.05) is 13.0 Å². The van der Waals surface area contributed by atoms with Gasteiger partial charge in [0, 0.05) is 12.0 Å². The maximum atomic E-state index is 12.7. The number of hydrogen-bond acceptors (Lipinski definition) is 5. The summed E-state index contributed by atoms with van der Waals surface area (Å²) in [6.45, 7) is 13.4. The van der Waals surface area contributed by atoms with Crippen molar-refractivity contribution in [2.45, 2.75) is 86.2 Å². The van der Waals surface area contributed by atoms with Crippen LogP contribution in [0.25, 0.3) is 0 Å². The lowest BCUT2D eigenvalue weighted by molar-refractivity contribution is -0.147. The van der Waals surface area contributed by atoms with Gasteiger partial charge in [0.2, 0.25) is 17.7 Å². The molecule has 33 heavy (non-hydrogen) atoms. The molecule has 0 saturated carbocycles. The predicted molar refractivity (Wildman–Crippen MR) is 128 cm³/mol. The number of carbonyl (C=O) groups is 4. The molecule has 8 nitrogen and oxygen atoms in total. The highest BCUT2D eigenvalue weighted by Gasteiger charge is 2.35. The number of ether oxygens (including phenoxy) is 1. The van der Waals surface area contributed by atoms with Gasteiger partial charge in [0.15, 0.2) is 0 Å². The van der Waals surface area contributed by atoms with Gasteiger partial charge in [0.05, 0.1) is 6.54 Å². The van der Waals surface area contributed by atoms with Crippen molar-refractivity contribution in [3.05, 3.63) is 23.3 Å². The molecule has 0 bridgehead atoms. The summed E-state index contributed by atoms with van der Waals surface area (Å²) in [5.41, 5.74) is 1.81. The summed E-state index contributed by atoms with van der Waals surface area (Å²) < 4.78 is 5.26. The average molecular weight is 464 g/mol. The van der Waals surface area contributed by atoms with Gasteiger partial charge in [-0.25, -0.2) is 4.79 Å². The van der Waals surface area contributed by atoms with Gasteiger partial charge in [-0.05, 0) is 59.5 Å². The summed E-state index contributed by atoms with van der Waals surface area (Å²) in [6, 6.07) is -1.48. The standard InChI is InChI=1S/C25H41N3O5/c1-17(2)10-8-11-18(3)13-15-33-23(31)19(4)27-22(30)20-12-9-14-28(20)21(29)16-26-24(32)25(5,6)7/h10,13,19-20H,8-9,11-12,14-16H2,1-7H3,(H,26,32)(H,27,30)/b18-13+/t19-,20-/m0/s1. The van der Waals surface area contributed by atoms with Crippen LogP contribution in [0.5, 0.6) is 0 Å². The maximum absolute atomic E-state index is 12.7. The fourth-order valence-corrected chi connectivity index (χ4v) is 3.31. The van der Waals surface area contributed by atoms with Gasteiger partial charge in [0.1, 0.15) is 18.7 Å². The molecule has 186 valence electrons. The molecule has 8 heteroatoms. The van der Waals surface area contributed by atoms with E-state index in [4.69, 9.17) is 4.74 Å². The number of hydrogen-bond donors (Lipinski definition) is 2. The summed E-state index contributed by atoms with van der Waals surface area (Å²) in [5, 5.41) is 5.28. The first-order valence-corrected chi connectivity index (χ1v) is 11.7. The Morgan fingerprint density at radius 3 is 2.39 bits per heavy atom. The van der Waals surface area contributed by atoms with E-state index in [1.165, 1.54) is 10.5 Å². The quantitative estimate of drug-likeness (QED) is 0.383. The Hall–Kier alpha value is -2.64. The van der Waals surface area contributed by atoms with E-state index in [0.29, 0.717) is 19.4 Å². The van der Waals surface area contributed by atoms with E-state index in [2.05, 4.69) is 30.6 Å². The van der Waals surface area contributed by atoms with Gasteiger partial charge in [-0.3, -0.25) is 14.4 Å². The van der Waals surface area contributed by atoms with Crippen molar-refractivity contribution < 1.29 is 23.9 Å². The summed E-state index contributed by atoms with van der Waals surface area (Å²) >= 11 is 0. The normalized spacial score (nSPS) is 17.2. The van der Waals surface area contributed by atoms with E-state index in [1.54, 1.807) is 27.7 Å². The van der Waals surface area contributed by atoms with Gasteiger partial charge in [0.25, 0.3) is 0 Å². The highest BCUT2D eigenvalue weighted by molar-refractivity contribution is 5.93. The number of nitrogens with one attached hydrogen (secondary N) is 2. The summed E-state index contributed by atoms with van der Waals surface area (Å²) in [4.78, 5) is 51.0. The Morgan fingerprint density at radius 1 is 1.12 bits per heavy atom. The molecule has 0 spiro atoms. The van der Waals surface area contributed by atoms with Gasteiger partial charge in [-0.2, -0.15) is 0 Å². The van der Waals surface area contributed by atoms with Crippen molar-refractivity contribution in [2.24, 2.45) is 5.41 Å². The van der Waals surface area contributed by atoms with Crippen LogP contribution in [0.1, 0.15) is 74.1 Å². The zero-order chi connectivity index (χ0) is 25.2. The molecule has 0 radical (unpaired) electrons. The molecule has 1 fully saturated rings. The van der Waals surface area contributed by atoms with Gasteiger partial charge >= 0.3 is 5.97 Å². The Kier molecular flexibility index (Phi) is 11.3. The first kappa shape index (κ1) is 28.4. The smallest absolute Gasteiger partial charge is 0.328 e. The van der Waals surface area contributed by atoms with Crippen molar-refractivity contribution >= 4 is 23.7 Å². The number of allylic oxidation sites excluding steroid dienone is 3. The lowest BCUT2D eigenvalue weighted by Crippen LogP contribution is -2.52. The maximum Gasteiger partial charge on any atom is 0.328 e. The van der Waals surface area contributed by atoms with Crippen LogP contribution >= 0.6 is 0 Å². The molecule has 1 saturated heterocycles. The first-order valence-electron chi connectivity index (χ1n) is 11.7. The van der Waals surface area contributed by atoms with Crippen LogP contribution in [0.4, 0.5) is 0 Å². The van der Waals surface area contributed by atoms with E-state index in [0.717, 1.165) is 18.4 Å². The van der Waals surface area contributed by atoms with E-state index >= 15 is 0 Å². The number of rotatable bonds is 10. The third-order valence-electron chi connectivity index (χ3n) is 5.42. The molecular formula is C25H41N3O5. The molecule has 0 aromatic heterocycles. The number of carbonyl (C=O) groups excluding carboxylic acids is 4. The van der Waals surface area contributed by atoms with Gasteiger partial charge in [-0.15, -0.1) is 0 Å². The molecule has 2 N–H and O–H groups in total. The lowest BCUT2D eigenvalue weighted by Gasteiger charge is -2.26. The Morgan fingerprint density at radius 2 is 1.79 bits per heavy atom. The third kappa shape index (κ3) is 10.2. The summed E-state index contributed by atoms with van der Waals surface area (Å²) in [5.74, 6) is -1.45. The monoisotopic (exact) mass is 463 g/mol. The molecule has 0 aromatic rings. The van der Waals surface area contributed by atoms with Crippen LogP contribution in [-0.2, 0) is 23.9 Å². The third-order valence-corrected chi connectivity index (χ3v) is 5.42. The highest BCUT2D eigenvalue weighted by Crippen LogP contribution is 2.18.